The summed E-state index contributed by atoms with van der Waals surface area (Å²) in [6.07, 6.45) is 5.87. The van der Waals surface area contributed by atoms with Crippen LogP contribution < -0.4 is 16.0 Å². The van der Waals surface area contributed by atoms with Gasteiger partial charge in [-0.15, -0.1) is 0 Å². The van der Waals surface area contributed by atoms with Crippen LogP contribution in [-0.4, -0.2) is 53.0 Å². The second-order valence-electron chi connectivity index (χ2n) is 11.2. The third kappa shape index (κ3) is 5.48. The monoisotopic (exact) mass is 558 g/mol. The average molecular weight is 559 g/mol. The van der Waals surface area contributed by atoms with Gasteiger partial charge in [-0.1, -0.05) is 18.2 Å². The van der Waals surface area contributed by atoms with Gasteiger partial charge in [-0.05, 0) is 62.3 Å². The zero-order valence-corrected chi connectivity index (χ0v) is 22.8. The van der Waals surface area contributed by atoms with Gasteiger partial charge in [0.05, 0.1) is 41.9 Å². The first kappa shape index (κ1) is 26.8. The molecule has 1 saturated carbocycles. The number of nitrogens with zero attached hydrogens (tertiary/aromatic N) is 6. The number of nitrogens with one attached hydrogen (secondary N) is 1. The summed E-state index contributed by atoms with van der Waals surface area (Å²) in [5.74, 6) is -0.268. The van der Waals surface area contributed by atoms with Crippen molar-refractivity contribution in [2.45, 2.75) is 57.8 Å². The summed E-state index contributed by atoms with van der Waals surface area (Å²) in [6.45, 7) is 3.59. The van der Waals surface area contributed by atoms with Crippen LogP contribution in [0, 0.1) is 5.82 Å². The SMILES string of the molecule is CC(C)(O)Cn1cc(Nc2nc(N)nc(-c3cccc(N4CCc5cc(C6CC6)cc(F)c5C4=O)c3CO)n2)cn1. The number of aromatic nitrogens is 5. The summed E-state index contributed by atoms with van der Waals surface area (Å²) in [5.41, 5.74) is 8.74. The predicted octanol–water partition coefficient (Wildman–Crippen LogP) is 3.54. The topological polar surface area (TPSA) is 155 Å². The first-order chi connectivity index (χ1) is 19.6. The normalized spacial score (nSPS) is 15.2. The van der Waals surface area contributed by atoms with E-state index >= 15 is 4.39 Å². The summed E-state index contributed by atoms with van der Waals surface area (Å²) in [7, 11) is 0. The third-order valence-electron chi connectivity index (χ3n) is 7.24. The van der Waals surface area contributed by atoms with E-state index in [-0.39, 0.29) is 29.8 Å². The van der Waals surface area contributed by atoms with Gasteiger partial charge in [0.2, 0.25) is 11.9 Å². The number of benzene rings is 2. The molecule has 0 radical (unpaired) electrons. The molecule has 2 aromatic carbocycles. The van der Waals surface area contributed by atoms with E-state index in [1.807, 2.05) is 6.07 Å². The van der Waals surface area contributed by atoms with Crippen LogP contribution in [0.3, 0.4) is 0 Å². The number of rotatable bonds is 8. The molecule has 0 saturated heterocycles. The predicted molar refractivity (Wildman–Crippen MR) is 151 cm³/mol. The number of anilines is 4. The molecule has 6 rings (SSSR count). The van der Waals surface area contributed by atoms with Gasteiger partial charge in [0.1, 0.15) is 5.82 Å². The first-order valence-corrected chi connectivity index (χ1v) is 13.5. The number of aliphatic hydroxyl groups excluding tert-OH is 1. The lowest BCUT2D eigenvalue weighted by Gasteiger charge is -2.31. The molecule has 0 unspecified atom stereocenters. The highest BCUT2D eigenvalue weighted by Gasteiger charge is 2.33. The van der Waals surface area contributed by atoms with Gasteiger partial charge in [0.25, 0.3) is 5.91 Å². The van der Waals surface area contributed by atoms with Crippen LogP contribution in [0.2, 0.25) is 0 Å². The molecule has 0 atom stereocenters. The quantitative estimate of drug-likeness (QED) is 0.254. The number of hydrogen-bond donors (Lipinski definition) is 4. The van der Waals surface area contributed by atoms with Gasteiger partial charge in [-0.2, -0.15) is 20.1 Å². The van der Waals surface area contributed by atoms with Gasteiger partial charge in [-0.25, -0.2) is 4.39 Å². The highest BCUT2D eigenvalue weighted by Crippen LogP contribution is 2.42. The third-order valence-corrected chi connectivity index (χ3v) is 7.24. The fourth-order valence-electron chi connectivity index (χ4n) is 5.29. The van der Waals surface area contributed by atoms with Crippen molar-refractivity contribution in [1.29, 1.82) is 0 Å². The summed E-state index contributed by atoms with van der Waals surface area (Å²) in [5, 5.41) is 27.8. The molecule has 4 aromatic rings. The summed E-state index contributed by atoms with van der Waals surface area (Å²) in [6, 6.07) is 8.62. The Kier molecular flexibility index (Phi) is 6.66. The zero-order valence-electron chi connectivity index (χ0n) is 22.8. The highest BCUT2D eigenvalue weighted by molar-refractivity contribution is 6.09. The molecule has 1 aliphatic heterocycles. The lowest BCUT2D eigenvalue weighted by atomic mass is 9.93. The Labute approximate surface area is 235 Å². The Morgan fingerprint density at radius 3 is 2.73 bits per heavy atom. The van der Waals surface area contributed by atoms with Crippen LogP contribution in [0.5, 0.6) is 0 Å². The van der Waals surface area contributed by atoms with E-state index in [4.69, 9.17) is 5.73 Å². The number of carbonyl (C=O) groups excluding carboxylic acids is 1. The Morgan fingerprint density at radius 2 is 2.00 bits per heavy atom. The van der Waals surface area contributed by atoms with E-state index in [2.05, 4.69) is 25.4 Å². The number of hydrogen-bond acceptors (Lipinski definition) is 9. The number of fused-ring (bicyclic) bond motifs is 1. The lowest BCUT2D eigenvalue weighted by Crippen LogP contribution is -2.39. The minimum atomic E-state index is -0.942. The molecular weight excluding hydrogens is 527 g/mol. The Bertz CT molecular complexity index is 1640. The molecule has 11 nitrogen and oxygen atoms in total. The number of amides is 1. The maximum atomic E-state index is 15.2. The second kappa shape index (κ2) is 10.2. The van der Waals surface area contributed by atoms with Gasteiger partial charge >= 0.3 is 0 Å². The van der Waals surface area contributed by atoms with Crippen molar-refractivity contribution >= 4 is 29.2 Å². The standard InChI is InChI=1S/C29H31FN8O3/c1-29(2,41)15-37-13-19(12-32-37)33-28-35-25(34-27(31)36-28)20-4-3-5-23(21(20)14-39)38-9-8-17-10-18(16-6-7-16)11-22(30)24(17)26(38)40/h3-5,10-13,16,39,41H,6-9,14-15H2,1-2H3,(H3,31,33,34,35,36). The van der Waals surface area contributed by atoms with Crippen LogP contribution in [0.15, 0.2) is 42.7 Å². The Hall–Kier alpha value is -4.42. The maximum Gasteiger partial charge on any atom is 0.261 e. The number of nitrogens with two attached hydrogens (primary N) is 1. The van der Waals surface area contributed by atoms with Crippen molar-refractivity contribution < 1.29 is 19.4 Å². The minimum absolute atomic E-state index is 0.0489. The van der Waals surface area contributed by atoms with Crippen molar-refractivity contribution in [2.75, 3.05) is 22.5 Å². The number of halogens is 1. The molecule has 1 amide bonds. The average Bonchev–Trinajstić information content (AvgIpc) is 3.68. The van der Waals surface area contributed by atoms with Crippen molar-refractivity contribution in [2.24, 2.45) is 0 Å². The summed E-state index contributed by atoms with van der Waals surface area (Å²) >= 11 is 0. The second-order valence-corrected chi connectivity index (χ2v) is 11.2. The fourth-order valence-corrected chi connectivity index (χ4v) is 5.29. The first-order valence-electron chi connectivity index (χ1n) is 13.5. The van der Waals surface area contributed by atoms with Crippen molar-refractivity contribution in [3.8, 4) is 11.4 Å². The summed E-state index contributed by atoms with van der Waals surface area (Å²) in [4.78, 5) is 28.0. The van der Waals surface area contributed by atoms with Gasteiger partial charge in [-0.3, -0.25) is 9.48 Å². The molecule has 41 heavy (non-hydrogen) atoms. The van der Waals surface area contributed by atoms with E-state index in [0.29, 0.717) is 41.4 Å². The van der Waals surface area contributed by atoms with Crippen molar-refractivity contribution in [3.05, 3.63) is 70.8 Å². The highest BCUT2D eigenvalue weighted by atomic mass is 19.1. The molecule has 1 fully saturated rings. The minimum Gasteiger partial charge on any atom is -0.392 e. The van der Waals surface area contributed by atoms with Crippen molar-refractivity contribution in [3.63, 3.8) is 0 Å². The summed E-state index contributed by atoms with van der Waals surface area (Å²) < 4.78 is 16.8. The van der Waals surface area contributed by atoms with Crippen LogP contribution in [0.4, 0.5) is 27.7 Å². The molecule has 5 N–H and O–H groups in total. The molecule has 3 heterocycles. The molecule has 2 aliphatic rings. The van der Waals surface area contributed by atoms with E-state index in [9.17, 15) is 15.0 Å². The zero-order chi connectivity index (χ0) is 28.9. The Morgan fingerprint density at radius 1 is 1.20 bits per heavy atom. The molecular formula is C29H31FN8O3. The molecule has 0 bridgehead atoms. The number of aliphatic hydroxyl groups is 2. The molecule has 0 spiro atoms. The van der Waals surface area contributed by atoms with Crippen LogP contribution in [0.25, 0.3) is 11.4 Å². The molecule has 1 aliphatic carbocycles. The number of nitrogen functional groups attached to an aromatic ring is 1. The molecule has 2 aromatic heterocycles. The Balaban J connectivity index is 1.31. The molecule has 12 heteroatoms. The molecule has 212 valence electrons. The van der Waals surface area contributed by atoms with Crippen LogP contribution in [0.1, 0.15) is 59.7 Å². The van der Waals surface area contributed by atoms with E-state index in [1.165, 1.54) is 11.0 Å². The largest absolute Gasteiger partial charge is 0.392 e. The van der Waals surface area contributed by atoms with Crippen LogP contribution >= 0.6 is 0 Å². The van der Waals surface area contributed by atoms with Gasteiger partial charge in [0.15, 0.2) is 5.82 Å². The van der Waals surface area contributed by atoms with Gasteiger partial charge in [0, 0.05) is 23.9 Å². The van der Waals surface area contributed by atoms with Gasteiger partial charge < -0.3 is 26.2 Å². The number of carbonyl (C=O) groups is 1. The maximum absolute atomic E-state index is 15.2. The van der Waals surface area contributed by atoms with Crippen molar-refractivity contribution in [1.82, 2.24) is 24.7 Å². The van der Waals surface area contributed by atoms with E-state index in [1.54, 1.807) is 49.1 Å². The van der Waals surface area contributed by atoms with E-state index < -0.39 is 23.9 Å². The fraction of sp³-hybridized carbons (Fsp3) is 0.345. The van der Waals surface area contributed by atoms with Crippen LogP contribution in [-0.2, 0) is 19.6 Å². The lowest BCUT2D eigenvalue weighted by molar-refractivity contribution is 0.0577. The smallest absolute Gasteiger partial charge is 0.261 e. The van der Waals surface area contributed by atoms with E-state index in [0.717, 1.165) is 24.0 Å².